The van der Waals surface area contributed by atoms with Crippen LogP contribution < -0.4 is 4.74 Å². The van der Waals surface area contributed by atoms with E-state index in [-0.39, 0.29) is 11.9 Å². The van der Waals surface area contributed by atoms with Gasteiger partial charge in [-0.15, -0.1) is 5.10 Å². The maximum atomic E-state index is 13.1. The van der Waals surface area contributed by atoms with Crippen LogP contribution in [0.4, 0.5) is 0 Å². The van der Waals surface area contributed by atoms with Gasteiger partial charge in [0.2, 0.25) is 0 Å². The van der Waals surface area contributed by atoms with Gasteiger partial charge in [0.25, 0.3) is 5.91 Å². The van der Waals surface area contributed by atoms with Gasteiger partial charge in [0.15, 0.2) is 0 Å². The first kappa shape index (κ1) is 18.2. The van der Waals surface area contributed by atoms with Gasteiger partial charge >= 0.3 is 0 Å². The highest BCUT2D eigenvalue weighted by atomic mass is 16.5. The molecule has 4 rings (SSSR count). The van der Waals surface area contributed by atoms with Gasteiger partial charge in [0, 0.05) is 12.1 Å². The van der Waals surface area contributed by atoms with Crippen molar-refractivity contribution in [1.29, 1.82) is 0 Å². The van der Waals surface area contributed by atoms with Gasteiger partial charge < -0.3 is 9.64 Å². The Balaban J connectivity index is 1.47. The van der Waals surface area contributed by atoms with Crippen LogP contribution in [-0.4, -0.2) is 44.2 Å². The summed E-state index contributed by atoms with van der Waals surface area (Å²) in [6, 6.07) is 15.9. The molecule has 3 aromatic rings. The third kappa shape index (κ3) is 3.88. The zero-order valence-corrected chi connectivity index (χ0v) is 15.9. The van der Waals surface area contributed by atoms with Crippen molar-refractivity contribution < 1.29 is 9.53 Å². The van der Waals surface area contributed by atoms with E-state index in [9.17, 15) is 4.79 Å². The molecule has 28 heavy (non-hydrogen) atoms. The van der Waals surface area contributed by atoms with Gasteiger partial charge in [0.05, 0.1) is 19.2 Å². The van der Waals surface area contributed by atoms with Crippen molar-refractivity contribution in [2.45, 2.75) is 32.4 Å². The molecule has 1 fully saturated rings. The Bertz CT molecular complexity index is 907. The lowest BCUT2D eigenvalue weighted by atomic mass is 10.0. The lowest BCUT2D eigenvalue weighted by Crippen LogP contribution is -2.30. The van der Waals surface area contributed by atoms with E-state index in [1.807, 2.05) is 48.2 Å². The topological polar surface area (TPSA) is 73.1 Å². The largest absolute Gasteiger partial charge is 0.494 e. The van der Waals surface area contributed by atoms with Crippen molar-refractivity contribution in [2.75, 3.05) is 13.2 Å². The molecular weight excluding hydrogens is 354 g/mol. The number of carbonyl (C=O) groups excluding carboxylic acids is 1. The maximum absolute atomic E-state index is 13.1. The molecule has 1 aromatic heterocycles. The molecule has 1 aliphatic heterocycles. The fourth-order valence-corrected chi connectivity index (χ4v) is 3.67. The van der Waals surface area contributed by atoms with E-state index in [4.69, 9.17) is 4.74 Å². The van der Waals surface area contributed by atoms with Crippen LogP contribution in [0.3, 0.4) is 0 Å². The van der Waals surface area contributed by atoms with E-state index in [2.05, 4.69) is 27.7 Å². The average Bonchev–Trinajstić information content (AvgIpc) is 3.41. The summed E-state index contributed by atoms with van der Waals surface area (Å²) in [7, 11) is 0. The molecule has 7 nitrogen and oxygen atoms in total. The lowest BCUT2D eigenvalue weighted by Gasteiger charge is -2.25. The summed E-state index contributed by atoms with van der Waals surface area (Å²) in [4.78, 5) is 15.1. The molecule has 0 bridgehead atoms. The number of tetrazole rings is 1. The molecule has 0 saturated carbocycles. The number of aromatic nitrogens is 4. The van der Waals surface area contributed by atoms with Gasteiger partial charge in [-0.1, -0.05) is 24.3 Å². The molecule has 2 heterocycles. The average molecular weight is 377 g/mol. The zero-order chi connectivity index (χ0) is 19.3. The van der Waals surface area contributed by atoms with Crippen LogP contribution in [0, 0.1) is 0 Å². The number of likely N-dealkylation sites (tertiary alicyclic amines) is 1. The van der Waals surface area contributed by atoms with E-state index in [0.29, 0.717) is 18.7 Å². The second kappa shape index (κ2) is 8.21. The van der Waals surface area contributed by atoms with Crippen LogP contribution in [0.2, 0.25) is 0 Å². The minimum atomic E-state index is 0.0744. The highest BCUT2D eigenvalue weighted by Gasteiger charge is 2.30. The lowest BCUT2D eigenvalue weighted by molar-refractivity contribution is 0.0735. The molecule has 0 radical (unpaired) electrons. The Morgan fingerprint density at radius 3 is 2.61 bits per heavy atom. The first-order valence-electron chi connectivity index (χ1n) is 9.58. The van der Waals surface area contributed by atoms with Crippen molar-refractivity contribution in [3.63, 3.8) is 0 Å². The summed E-state index contributed by atoms with van der Waals surface area (Å²) < 4.78 is 7.17. The Labute approximate surface area is 163 Å². The van der Waals surface area contributed by atoms with Crippen LogP contribution in [0.15, 0.2) is 54.9 Å². The van der Waals surface area contributed by atoms with Crippen molar-refractivity contribution in [1.82, 2.24) is 25.1 Å². The number of rotatable bonds is 6. The minimum absolute atomic E-state index is 0.0744. The number of carbonyl (C=O) groups is 1. The molecule has 1 atom stereocenters. The van der Waals surface area contributed by atoms with Crippen molar-refractivity contribution in [2.24, 2.45) is 0 Å². The van der Waals surface area contributed by atoms with Gasteiger partial charge in [0.1, 0.15) is 12.1 Å². The van der Waals surface area contributed by atoms with Gasteiger partial charge in [-0.05, 0) is 65.6 Å². The monoisotopic (exact) mass is 377 g/mol. The van der Waals surface area contributed by atoms with E-state index in [0.717, 1.165) is 36.3 Å². The van der Waals surface area contributed by atoms with Crippen LogP contribution in [-0.2, 0) is 6.54 Å². The normalized spacial score (nSPS) is 16.3. The van der Waals surface area contributed by atoms with Crippen molar-refractivity contribution in [3.05, 3.63) is 71.5 Å². The molecule has 1 amide bonds. The van der Waals surface area contributed by atoms with Gasteiger partial charge in [-0.2, -0.15) is 0 Å². The fourth-order valence-electron chi connectivity index (χ4n) is 3.67. The van der Waals surface area contributed by atoms with E-state index in [1.165, 1.54) is 0 Å². The highest BCUT2D eigenvalue weighted by Crippen LogP contribution is 2.34. The summed E-state index contributed by atoms with van der Waals surface area (Å²) in [5, 5.41) is 11.1. The molecule has 2 aromatic carbocycles. The molecule has 0 spiro atoms. The number of hydrogen-bond acceptors (Lipinski definition) is 5. The van der Waals surface area contributed by atoms with E-state index in [1.54, 1.807) is 11.0 Å². The number of amides is 1. The summed E-state index contributed by atoms with van der Waals surface area (Å²) in [5.41, 5.74) is 2.91. The van der Waals surface area contributed by atoms with E-state index < -0.39 is 0 Å². The second-order valence-corrected chi connectivity index (χ2v) is 6.86. The Morgan fingerprint density at radius 1 is 1.14 bits per heavy atom. The number of nitrogens with zero attached hydrogens (tertiary/aromatic N) is 5. The van der Waals surface area contributed by atoms with Gasteiger partial charge in [-0.25, -0.2) is 4.68 Å². The summed E-state index contributed by atoms with van der Waals surface area (Å²) in [6.45, 7) is 3.99. The predicted molar refractivity (Wildman–Crippen MR) is 104 cm³/mol. The van der Waals surface area contributed by atoms with Gasteiger partial charge in [-0.3, -0.25) is 4.79 Å². The second-order valence-electron chi connectivity index (χ2n) is 6.86. The summed E-state index contributed by atoms with van der Waals surface area (Å²) >= 11 is 0. The molecule has 1 saturated heterocycles. The quantitative estimate of drug-likeness (QED) is 0.660. The van der Waals surface area contributed by atoms with E-state index >= 15 is 0 Å². The molecule has 0 unspecified atom stereocenters. The molecule has 0 aliphatic carbocycles. The van der Waals surface area contributed by atoms with Crippen molar-refractivity contribution >= 4 is 5.91 Å². The number of ether oxygens (including phenoxy) is 1. The molecule has 0 N–H and O–H groups in total. The molecule has 144 valence electrons. The molecule has 7 heteroatoms. The number of hydrogen-bond donors (Lipinski definition) is 0. The van der Waals surface area contributed by atoms with Crippen LogP contribution in [0.25, 0.3) is 0 Å². The third-order valence-corrected chi connectivity index (χ3v) is 5.03. The maximum Gasteiger partial charge on any atom is 0.254 e. The smallest absolute Gasteiger partial charge is 0.254 e. The van der Waals surface area contributed by atoms with Crippen molar-refractivity contribution in [3.8, 4) is 5.75 Å². The Kier molecular flexibility index (Phi) is 5.32. The third-order valence-electron chi connectivity index (χ3n) is 5.03. The predicted octanol–water partition coefficient (Wildman–Crippen LogP) is 3.10. The Hall–Kier alpha value is -3.22. The van der Waals surface area contributed by atoms with Crippen LogP contribution in [0.5, 0.6) is 5.75 Å². The van der Waals surface area contributed by atoms with Crippen LogP contribution >= 0.6 is 0 Å². The highest BCUT2D eigenvalue weighted by molar-refractivity contribution is 5.94. The zero-order valence-electron chi connectivity index (χ0n) is 15.9. The fraction of sp³-hybridized carbons (Fsp3) is 0.333. The summed E-state index contributed by atoms with van der Waals surface area (Å²) in [5.74, 6) is 0.936. The standard InChI is InChI=1S/C21H23N5O2/c1-2-28-19-11-9-17(10-12-19)20-4-3-13-26(20)21(27)18-7-5-16(6-8-18)14-25-15-22-23-24-25/h5-12,15,20H,2-4,13-14H2,1H3/t20-/m1/s1. The Morgan fingerprint density at radius 2 is 1.93 bits per heavy atom. The molecular formula is C21H23N5O2. The molecule has 1 aliphatic rings. The number of benzene rings is 2. The minimum Gasteiger partial charge on any atom is -0.494 e. The van der Waals surface area contributed by atoms with Crippen LogP contribution in [0.1, 0.15) is 47.3 Å². The summed E-state index contributed by atoms with van der Waals surface area (Å²) in [6.07, 6.45) is 3.57. The SMILES string of the molecule is CCOc1ccc([C@H]2CCCN2C(=O)c2ccc(Cn3cnnn3)cc2)cc1. The first-order chi connectivity index (χ1) is 13.7. The first-order valence-corrected chi connectivity index (χ1v) is 9.58.